The number of anilines is 1. The minimum Gasteiger partial charge on any atom is -0.476 e. The van der Waals surface area contributed by atoms with Crippen molar-refractivity contribution in [2.24, 2.45) is 0 Å². The van der Waals surface area contributed by atoms with Crippen molar-refractivity contribution in [3.05, 3.63) is 18.3 Å². The molecule has 0 aliphatic carbocycles. The molecular formula is C18H32N2O. The SMILES string of the molecule is CCCCCC(CCCCC)Nc1cccnc1OCC. The minimum atomic E-state index is 0.534. The molecule has 0 atom stereocenters. The molecule has 1 aromatic rings. The molecular weight excluding hydrogens is 260 g/mol. The van der Waals surface area contributed by atoms with Crippen molar-refractivity contribution in [1.82, 2.24) is 4.98 Å². The highest BCUT2D eigenvalue weighted by Gasteiger charge is 2.11. The zero-order valence-corrected chi connectivity index (χ0v) is 14.0. The first kappa shape index (κ1) is 17.8. The Labute approximate surface area is 130 Å². The second-order valence-corrected chi connectivity index (χ2v) is 5.62. The number of ether oxygens (including phenoxy) is 1. The summed E-state index contributed by atoms with van der Waals surface area (Å²) < 4.78 is 5.62. The minimum absolute atomic E-state index is 0.534. The van der Waals surface area contributed by atoms with Gasteiger partial charge in [0.05, 0.1) is 12.3 Å². The molecule has 0 radical (unpaired) electrons. The lowest BCUT2D eigenvalue weighted by Gasteiger charge is -2.21. The largest absolute Gasteiger partial charge is 0.476 e. The third-order valence-corrected chi connectivity index (χ3v) is 3.72. The third kappa shape index (κ3) is 7.35. The molecule has 0 aliphatic rings. The van der Waals surface area contributed by atoms with Crippen molar-refractivity contribution in [2.45, 2.75) is 78.2 Å². The van der Waals surface area contributed by atoms with Crippen LogP contribution in [0, 0.1) is 0 Å². The normalized spacial score (nSPS) is 10.9. The number of pyridine rings is 1. The van der Waals surface area contributed by atoms with E-state index in [2.05, 4.69) is 30.2 Å². The van der Waals surface area contributed by atoms with Crippen LogP contribution in [0.25, 0.3) is 0 Å². The molecule has 1 heterocycles. The summed E-state index contributed by atoms with van der Waals surface area (Å²) in [5, 5.41) is 3.66. The van der Waals surface area contributed by atoms with E-state index in [9.17, 15) is 0 Å². The third-order valence-electron chi connectivity index (χ3n) is 3.72. The maximum atomic E-state index is 5.62. The van der Waals surface area contributed by atoms with Crippen LogP contribution in [0.1, 0.15) is 72.1 Å². The molecule has 0 aliphatic heterocycles. The molecule has 1 rings (SSSR count). The van der Waals surface area contributed by atoms with E-state index in [1.807, 2.05) is 13.0 Å². The van der Waals surface area contributed by atoms with Gasteiger partial charge >= 0.3 is 0 Å². The molecule has 1 N–H and O–H groups in total. The molecule has 0 bridgehead atoms. The van der Waals surface area contributed by atoms with Gasteiger partial charge in [-0.15, -0.1) is 0 Å². The van der Waals surface area contributed by atoms with Crippen molar-refractivity contribution < 1.29 is 4.74 Å². The summed E-state index contributed by atoms with van der Waals surface area (Å²) >= 11 is 0. The molecule has 3 nitrogen and oxygen atoms in total. The van der Waals surface area contributed by atoms with Crippen molar-refractivity contribution in [2.75, 3.05) is 11.9 Å². The molecule has 0 saturated carbocycles. The van der Waals surface area contributed by atoms with E-state index in [-0.39, 0.29) is 0 Å². The summed E-state index contributed by atoms with van der Waals surface area (Å²) in [4.78, 5) is 4.33. The second-order valence-electron chi connectivity index (χ2n) is 5.62. The summed E-state index contributed by atoms with van der Waals surface area (Å²) in [5.41, 5.74) is 1.04. The van der Waals surface area contributed by atoms with Crippen molar-refractivity contribution in [1.29, 1.82) is 0 Å². The topological polar surface area (TPSA) is 34.2 Å². The average Bonchev–Trinajstić information content (AvgIpc) is 2.49. The Balaban J connectivity index is 2.60. The Kier molecular flexibility index (Phi) is 9.68. The van der Waals surface area contributed by atoms with Crippen LogP contribution in [0.3, 0.4) is 0 Å². The lowest BCUT2D eigenvalue weighted by Crippen LogP contribution is -2.20. The molecule has 3 heteroatoms. The van der Waals surface area contributed by atoms with Crippen LogP contribution in [-0.2, 0) is 0 Å². The van der Waals surface area contributed by atoms with Gasteiger partial charge in [0.15, 0.2) is 0 Å². The number of aromatic nitrogens is 1. The van der Waals surface area contributed by atoms with Crippen molar-refractivity contribution in [3.8, 4) is 5.88 Å². The first-order valence-corrected chi connectivity index (χ1v) is 8.66. The average molecular weight is 292 g/mol. The number of unbranched alkanes of at least 4 members (excludes halogenated alkanes) is 4. The molecule has 120 valence electrons. The Bertz CT molecular complexity index is 358. The Morgan fingerprint density at radius 1 is 1.05 bits per heavy atom. The number of rotatable bonds is 12. The number of nitrogens with one attached hydrogen (secondary N) is 1. The van der Waals surface area contributed by atoms with Gasteiger partial charge in [-0.05, 0) is 31.9 Å². The van der Waals surface area contributed by atoms with Gasteiger partial charge in [-0.1, -0.05) is 52.4 Å². The van der Waals surface area contributed by atoms with E-state index in [1.165, 1.54) is 51.4 Å². The quantitative estimate of drug-likeness (QED) is 0.522. The predicted octanol–water partition coefficient (Wildman–Crippen LogP) is 5.42. The van der Waals surface area contributed by atoms with E-state index in [0.29, 0.717) is 12.6 Å². The van der Waals surface area contributed by atoms with Crippen molar-refractivity contribution in [3.63, 3.8) is 0 Å². The van der Waals surface area contributed by atoms with Gasteiger partial charge in [-0.2, -0.15) is 0 Å². The van der Waals surface area contributed by atoms with Gasteiger partial charge in [0.1, 0.15) is 0 Å². The highest BCUT2D eigenvalue weighted by atomic mass is 16.5. The van der Waals surface area contributed by atoms with E-state index in [1.54, 1.807) is 6.20 Å². The van der Waals surface area contributed by atoms with Gasteiger partial charge in [-0.25, -0.2) is 4.98 Å². The summed E-state index contributed by atoms with van der Waals surface area (Å²) in [6, 6.07) is 4.58. The zero-order valence-electron chi connectivity index (χ0n) is 14.0. The number of hydrogen-bond acceptors (Lipinski definition) is 3. The summed E-state index contributed by atoms with van der Waals surface area (Å²) in [6.45, 7) is 7.17. The predicted molar refractivity (Wildman–Crippen MR) is 91.1 cm³/mol. The van der Waals surface area contributed by atoms with Crippen LogP contribution in [0.15, 0.2) is 18.3 Å². The van der Waals surface area contributed by atoms with Crippen LogP contribution in [0.5, 0.6) is 5.88 Å². The van der Waals surface area contributed by atoms with Crippen LogP contribution in [0.4, 0.5) is 5.69 Å². The van der Waals surface area contributed by atoms with Crippen LogP contribution >= 0.6 is 0 Å². The molecule has 0 fully saturated rings. The summed E-state index contributed by atoms with van der Waals surface area (Å²) in [6.07, 6.45) is 12.0. The highest BCUT2D eigenvalue weighted by molar-refractivity contribution is 5.52. The fourth-order valence-electron chi connectivity index (χ4n) is 2.54. The highest BCUT2D eigenvalue weighted by Crippen LogP contribution is 2.24. The first-order valence-electron chi connectivity index (χ1n) is 8.66. The van der Waals surface area contributed by atoms with Gasteiger partial charge in [0.2, 0.25) is 5.88 Å². The standard InChI is InChI=1S/C18H32N2O/c1-4-7-9-12-16(13-10-8-5-2)20-17-14-11-15-19-18(17)21-6-3/h11,14-16,20H,4-10,12-13H2,1-3H3. The smallest absolute Gasteiger partial charge is 0.237 e. The van der Waals surface area contributed by atoms with E-state index in [4.69, 9.17) is 4.74 Å². The lowest BCUT2D eigenvalue weighted by molar-refractivity contribution is 0.328. The summed E-state index contributed by atoms with van der Waals surface area (Å²) in [7, 11) is 0. The second kappa shape index (κ2) is 11.4. The van der Waals surface area contributed by atoms with E-state index < -0.39 is 0 Å². The van der Waals surface area contributed by atoms with Crippen LogP contribution in [0.2, 0.25) is 0 Å². The first-order chi connectivity index (χ1) is 10.3. The molecule has 0 aromatic carbocycles. The zero-order chi connectivity index (χ0) is 15.3. The van der Waals surface area contributed by atoms with Gasteiger partial charge in [0.25, 0.3) is 0 Å². The van der Waals surface area contributed by atoms with Crippen LogP contribution < -0.4 is 10.1 Å². The van der Waals surface area contributed by atoms with Gasteiger partial charge in [0, 0.05) is 12.2 Å². The Morgan fingerprint density at radius 3 is 2.29 bits per heavy atom. The van der Waals surface area contributed by atoms with Gasteiger partial charge in [-0.3, -0.25) is 0 Å². The molecule has 21 heavy (non-hydrogen) atoms. The van der Waals surface area contributed by atoms with Gasteiger partial charge < -0.3 is 10.1 Å². The Hall–Kier alpha value is -1.25. The summed E-state index contributed by atoms with van der Waals surface area (Å²) in [5.74, 6) is 0.732. The molecule has 1 aromatic heterocycles. The molecule has 0 unspecified atom stereocenters. The fraction of sp³-hybridized carbons (Fsp3) is 0.722. The maximum absolute atomic E-state index is 5.62. The van der Waals surface area contributed by atoms with E-state index in [0.717, 1.165) is 11.6 Å². The number of nitrogens with zero attached hydrogens (tertiary/aromatic N) is 1. The van der Waals surface area contributed by atoms with Crippen molar-refractivity contribution >= 4 is 5.69 Å². The monoisotopic (exact) mass is 292 g/mol. The fourth-order valence-corrected chi connectivity index (χ4v) is 2.54. The van der Waals surface area contributed by atoms with Crippen LogP contribution in [-0.4, -0.2) is 17.6 Å². The maximum Gasteiger partial charge on any atom is 0.237 e. The Morgan fingerprint density at radius 2 is 1.71 bits per heavy atom. The van der Waals surface area contributed by atoms with E-state index >= 15 is 0 Å². The lowest BCUT2D eigenvalue weighted by atomic mass is 10.0. The number of hydrogen-bond donors (Lipinski definition) is 1. The molecule has 0 spiro atoms. The molecule has 0 saturated heterocycles. The molecule has 0 amide bonds.